The van der Waals surface area contributed by atoms with E-state index in [0.717, 1.165) is 14.6 Å². The van der Waals surface area contributed by atoms with Crippen molar-refractivity contribution >= 4 is 44.6 Å². The predicted octanol–water partition coefficient (Wildman–Crippen LogP) is 3.51. The number of likely N-dealkylation sites (N-methyl/N-ethyl adjacent to an activating group) is 1. The van der Waals surface area contributed by atoms with Crippen molar-refractivity contribution in [2.24, 2.45) is 0 Å². The van der Waals surface area contributed by atoms with Gasteiger partial charge >= 0.3 is 0 Å². The summed E-state index contributed by atoms with van der Waals surface area (Å²) in [6.45, 7) is 0. The molecule has 0 radical (unpaired) electrons. The molecule has 98 valence electrons. The minimum atomic E-state index is 0.101. The van der Waals surface area contributed by atoms with E-state index in [4.69, 9.17) is 12.2 Å². The van der Waals surface area contributed by atoms with E-state index >= 15 is 0 Å². The molecule has 0 spiro atoms. The van der Waals surface area contributed by atoms with E-state index < -0.39 is 0 Å². The van der Waals surface area contributed by atoms with Crippen LogP contribution >= 0.6 is 39.5 Å². The van der Waals surface area contributed by atoms with Crippen LogP contribution < -0.4 is 5.32 Å². The van der Waals surface area contributed by atoms with Crippen LogP contribution in [0.5, 0.6) is 0 Å². The molecular weight excluding hydrogens is 342 g/mol. The Balaban J connectivity index is 2.01. The maximum Gasteiger partial charge on any atom is 0.169 e. The summed E-state index contributed by atoms with van der Waals surface area (Å²) in [5.41, 5.74) is 1.02. The van der Waals surface area contributed by atoms with Gasteiger partial charge in [0.2, 0.25) is 0 Å². The monoisotopic (exact) mass is 353 g/mol. The van der Waals surface area contributed by atoms with E-state index in [-0.39, 0.29) is 12.1 Å². The molecule has 19 heavy (non-hydrogen) atoms. The topological polar surface area (TPSA) is 28.2 Å². The summed E-state index contributed by atoms with van der Waals surface area (Å²) in [6.07, 6.45) is 1.82. The van der Waals surface area contributed by atoms with Crippen molar-refractivity contribution in [3.05, 3.63) is 50.9 Å². The Morgan fingerprint density at radius 1 is 1.37 bits per heavy atom. The second kappa shape index (κ2) is 5.19. The SMILES string of the molecule is CN1C(=S)N[C@H](c2ccccn2)[C@H]1c1ccc(Br)s1. The Labute approximate surface area is 129 Å². The van der Waals surface area contributed by atoms with Crippen molar-refractivity contribution < 1.29 is 0 Å². The van der Waals surface area contributed by atoms with Gasteiger partial charge in [0.1, 0.15) is 0 Å². The number of rotatable bonds is 2. The molecule has 6 heteroatoms. The lowest BCUT2D eigenvalue weighted by Crippen LogP contribution is -2.24. The summed E-state index contributed by atoms with van der Waals surface area (Å²) in [4.78, 5) is 7.84. The van der Waals surface area contributed by atoms with Gasteiger partial charge in [-0.1, -0.05) is 6.07 Å². The van der Waals surface area contributed by atoms with Crippen LogP contribution in [0.1, 0.15) is 22.7 Å². The summed E-state index contributed by atoms with van der Waals surface area (Å²) in [6, 6.07) is 10.5. The third-order valence-corrected chi connectivity index (χ3v) is 5.32. The third-order valence-electron chi connectivity index (χ3n) is 3.22. The Morgan fingerprint density at radius 3 is 2.84 bits per heavy atom. The van der Waals surface area contributed by atoms with Crippen LogP contribution in [0, 0.1) is 0 Å². The van der Waals surface area contributed by atoms with E-state index in [1.807, 2.05) is 31.4 Å². The Morgan fingerprint density at radius 2 is 2.21 bits per heavy atom. The van der Waals surface area contributed by atoms with Gasteiger partial charge in [0.25, 0.3) is 0 Å². The summed E-state index contributed by atoms with van der Waals surface area (Å²) >= 11 is 10.6. The number of nitrogens with one attached hydrogen (secondary N) is 1. The standard InChI is InChI=1S/C13H12BrN3S2/c1-17-12(9-5-6-10(14)19-9)11(16-13(17)18)8-4-2-3-7-15-8/h2-7,11-12H,1H3,(H,16,18)/t11-,12-/m1/s1. The molecule has 1 aliphatic rings. The molecule has 0 amide bonds. The largest absolute Gasteiger partial charge is 0.352 e. The molecule has 1 fully saturated rings. The first-order valence-corrected chi connectivity index (χ1v) is 7.88. The molecule has 0 aliphatic carbocycles. The second-order valence-corrected chi connectivity index (χ2v) is 7.26. The Hall–Kier alpha value is -0.980. The van der Waals surface area contributed by atoms with Crippen molar-refractivity contribution in [1.29, 1.82) is 0 Å². The van der Waals surface area contributed by atoms with Gasteiger partial charge in [-0.25, -0.2) is 0 Å². The van der Waals surface area contributed by atoms with Gasteiger partial charge in [0, 0.05) is 18.1 Å². The minimum Gasteiger partial charge on any atom is -0.352 e. The van der Waals surface area contributed by atoms with E-state index in [0.29, 0.717) is 0 Å². The molecule has 2 aromatic heterocycles. The molecule has 2 atom stereocenters. The molecule has 0 saturated carbocycles. The maximum absolute atomic E-state index is 5.38. The van der Waals surface area contributed by atoms with E-state index in [1.54, 1.807) is 11.3 Å². The zero-order valence-corrected chi connectivity index (χ0v) is 13.4. The second-order valence-electron chi connectivity index (χ2n) is 4.38. The van der Waals surface area contributed by atoms with Crippen LogP contribution in [0.2, 0.25) is 0 Å². The number of hydrogen-bond acceptors (Lipinski definition) is 3. The van der Waals surface area contributed by atoms with Gasteiger partial charge < -0.3 is 10.2 Å². The average molecular weight is 354 g/mol. The zero-order chi connectivity index (χ0) is 13.4. The lowest BCUT2D eigenvalue weighted by atomic mass is 10.0. The lowest BCUT2D eigenvalue weighted by Gasteiger charge is -2.22. The van der Waals surface area contributed by atoms with E-state index in [2.05, 4.69) is 43.3 Å². The lowest BCUT2D eigenvalue weighted by molar-refractivity contribution is 0.374. The molecule has 3 nitrogen and oxygen atoms in total. The summed E-state index contributed by atoms with van der Waals surface area (Å²) < 4.78 is 1.13. The summed E-state index contributed by atoms with van der Waals surface area (Å²) in [5.74, 6) is 0. The number of halogens is 1. The molecule has 1 aliphatic heterocycles. The van der Waals surface area contributed by atoms with Crippen LogP contribution in [0.3, 0.4) is 0 Å². The normalized spacial score (nSPS) is 22.6. The molecule has 0 aromatic carbocycles. The summed E-state index contributed by atoms with van der Waals surface area (Å²) in [5, 5.41) is 4.13. The van der Waals surface area contributed by atoms with Gasteiger partial charge in [0.05, 0.1) is 21.6 Å². The quantitative estimate of drug-likeness (QED) is 0.836. The highest BCUT2D eigenvalue weighted by Gasteiger charge is 2.38. The summed E-state index contributed by atoms with van der Waals surface area (Å²) in [7, 11) is 2.02. The average Bonchev–Trinajstić information content (AvgIpc) is 2.96. The van der Waals surface area contributed by atoms with Crippen molar-refractivity contribution in [1.82, 2.24) is 15.2 Å². The predicted molar refractivity (Wildman–Crippen MR) is 85.2 cm³/mol. The number of hydrogen-bond donors (Lipinski definition) is 1. The number of thiophene rings is 1. The maximum atomic E-state index is 5.38. The van der Waals surface area contributed by atoms with E-state index in [9.17, 15) is 0 Å². The molecule has 3 rings (SSSR count). The zero-order valence-electron chi connectivity index (χ0n) is 10.2. The van der Waals surface area contributed by atoms with Crippen LogP contribution in [0.25, 0.3) is 0 Å². The molecule has 0 unspecified atom stereocenters. The molecule has 1 N–H and O–H groups in total. The van der Waals surface area contributed by atoms with Gasteiger partial charge in [-0.05, 0) is 52.4 Å². The fraction of sp³-hybridized carbons (Fsp3) is 0.231. The van der Waals surface area contributed by atoms with Crippen molar-refractivity contribution in [3.63, 3.8) is 0 Å². The van der Waals surface area contributed by atoms with Gasteiger partial charge in [-0.15, -0.1) is 11.3 Å². The minimum absolute atomic E-state index is 0.101. The Bertz CT molecular complexity index is 599. The van der Waals surface area contributed by atoms with Crippen molar-refractivity contribution in [3.8, 4) is 0 Å². The van der Waals surface area contributed by atoms with E-state index in [1.165, 1.54) is 4.88 Å². The molecular formula is C13H12BrN3S2. The van der Waals surface area contributed by atoms with Crippen LogP contribution in [0.15, 0.2) is 40.3 Å². The smallest absolute Gasteiger partial charge is 0.169 e. The number of nitrogens with zero attached hydrogens (tertiary/aromatic N) is 2. The van der Waals surface area contributed by atoms with Gasteiger partial charge in [-0.2, -0.15) is 0 Å². The molecule has 3 heterocycles. The fourth-order valence-corrected chi connectivity index (χ4v) is 4.15. The number of pyridine rings is 1. The van der Waals surface area contributed by atoms with Gasteiger partial charge in [-0.3, -0.25) is 4.98 Å². The molecule has 2 aromatic rings. The molecule has 1 saturated heterocycles. The number of thiocarbonyl (C=S) groups is 1. The first-order valence-electron chi connectivity index (χ1n) is 5.86. The third kappa shape index (κ3) is 2.40. The molecule has 0 bridgehead atoms. The highest BCUT2D eigenvalue weighted by molar-refractivity contribution is 9.11. The fourth-order valence-electron chi connectivity index (χ4n) is 2.30. The Kier molecular flexibility index (Phi) is 3.56. The first kappa shape index (κ1) is 13.0. The van der Waals surface area contributed by atoms with Crippen LogP contribution in [-0.4, -0.2) is 22.0 Å². The van der Waals surface area contributed by atoms with Crippen molar-refractivity contribution in [2.75, 3.05) is 7.05 Å². The first-order chi connectivity index (χ1) is 9.16. The number of aromatic nitrogens is 1. The highest BCUT2D eigenvalue weighted by atomic mass is 79.9. The van der Waals surface area contributed by atoms with Crippen LogP contribution in [0.4, 0.5) is 0 Å². The van der Waals surface area contributed by atoms with Crippen molar-refractivity contribution in [2.45, 2.75) is 12.1 Å². The van der Waals surface area contributed by atoms with Gasteiger partial charge in [0.15, 0.2) is 5.11 Å². The highest BCUT2D eigenvalue weighted by Crippen LogP contribution is 2.41. The van der Waals surface area contributed by atoms with Crippen LogP contribution in [-0.2, 0) is 0 Å².